The Bertz CT molecular complexity index is 491. The molecule has 0 aromatic heterocycles. The smallest absolute Gasteiger partial charge is 0.253 e. The largest absolute Gasteiger partial charge is 0.398 e. The minimum atomic E-state index is -0.0430. The summed E-state index contributed by atoms with van der Waals surface area (Å²) in [6.45, 7) is 9.73. The Labute approximate surface area is 127 Å². The van der Waals surface area contributed by atoms with E-state index >= 15 is 0 Å². The topological polar surface area (TPSA) is 58.4 Å². The molecule has 116 valence electrons. The van der Waals surface area contributed by atoms with Gasteiger partial charge in [-0.3, -0.25) is 4.79 Å². The van der Waals surface area contributed by atoms with Crippen molar-refractivity contribution in [2.75, 3.05) is 25.4 Å². The number of aryl methyl sites for hydroxylation is 1. The molecule has 1 aliphatic rings. The number of nitrogens with one attached hydrogen (secondary N) is 1. The van der Waals surface area contributed by atoms with Crippen LogP contribution >= 0.6 is 0 Å². The van der Waals surface area contributed by atoms with Crippen molar-refractivity contribution in [1.29, 1.82) is 0 Å². The number of rotatable bonds is 4. The number of carbonyl (C=O) groups is 1. The SMILES string of the molecule is Cc1ccc(N)c(C(=O)NC2CCN(CC(C)C)CC2)c1. The minimum absolute atomic E-state index is 0.0430. The van der Waals surface area contributed by atoms with Crippen LogP contribution in [0.3, 0.4) is 0 Å². The molecule has 4 nitrogen and oxygen atoms in total. The highest BCUT2D eigenvalue weighted by molar-refractivity contribution is 5.99. The Kier molecular flexibility index (Phi) is 5.23. The molecule has 0 radical (unpaired) electrons. The zero-order valence-electron chi connectivity index (χ0n) is 13.4. The van der Waals surface area contributed by atoms with Gasteiger partial charge in [0, 0.05) is 31.4 Å². The first-order chi connectivity index (χ1) is 9.95. The van der Waals surface area contributed by atoms with Gasteiger partial charge in [0.1, 0.15) is 0 Å². The maximum Gasteiger partial charge on any atom is 0.253 e. The zero-order valence-corrected chi connectivity index (χ0v) is 13.4. The molecule has 1 heterocycles. The lowest BCUT2D eigenvalue weighted by atomic mass is 10.0. The molecule has 1 amide bonds. The fourth-order valence-corrected chi connectivity index (χ4v) is 2.91. The molecule has 1 aromatic rings. The zero-order chi connectivity index (χ0) is 15.4. The van der Waals surface area contributed by atoms with Crippen LogP contribution in [0.2, 0.25) is 0 Å². The molecular weight excluding hydrogens is 262 g/mol. The standard InChI is InChI=1S/C17H27N3O/c1-12(2)11-20-8-6-14(7-9-20)19-17(21)15-10-13(3)4-5-16(15)18/h4-5,10,12,14H,6-9,11,18H2,1-3H3,(H,19,21). The highest BCUT2D eigenvalue weighted by Gasteiger charge is 2.22. The van der Waals surface area contributed by atoms with Crippen LogP contribution in [-0.2, 0) is 0 Å². The Morgan fingerprint density at radius 2 is 2.05 bits per heavy atom. The van der Waals surface area contributed by atoms with Crippen molar-refractivity contribution in [2.45, 2.75) is 39.7 Å². The number of benzene rings is 1. The first kappa shape index (κ1) is 15.8. The predicted molar refractivity (Wildman–Crippen MR) is 87.4 cm³/mol. The van der Waals surface area contributed by atoms with E-state index in [4.69, 9.17) is 5.73 Å². The summed E-state index contributed by atoms with van der Waals surface area (Å²) in [6.07, 6.45) is 2.04. The maximum absolute atomic E-state index is 12.3. The normalized spacial score (nSPS) is 17.1. The van der Waals surface area contributed by atoms with Gasteiger partial charge in [0.25, 0.3) is 5.91 Å². The lowest BCUT2D eigenvalue weighted by molar-refractivity contribution is 0.0908. The summed E-state index contributed by atoms with van der Waals surface area (Å²) >= 11 is 0. The number of nitrogen functional groups attached to an aromatic ring is 1. The number of nitrogens with zero attached hydrogens (tertiary/aromatic N) is 1. The average molecular weight is 289 g/mol. The van der Waals surface area contributed by atoms with Crippen molar-refractivity contribution in [1.82, 2.24) is 10.2 Å². The molecule has 0 saturated carbocycles. The Hall–Kier alpha value is -1.55. The molecular formula is C17H27N3O. The maximum atomic E-state index is 12.3. The quantitative estimate of drug-likeness (QED) is 0.837. The number of hydrogen-bond acceptors (Lipinski definition) is 3. The number of hydrogen-bond donors (Lipinski definition) is 2. The first-order valence-electron chi connectivity index (χ1n) is 7.85. The summed E-state index contributed by atoms with van der Waals surface area (Å²) in [5.74, 6) is 0.654. The van der Waals surface area contributed by atoms with E-state index in [1.807, 2.05) is 19.1 Å². The molecule has 2 rings (SSSR count). The third-order valence-electron chi connectivity index (χ3n) is 4.00. The van der Waals surface area contributed by atoms with Gasteiger partial charge in [-0.2, -0.15) is 0 Å². The highest BCUT2D eigenvalue weighted by Crippen LogP contribution is 2.16. The van der Waals surface area contributed by atoms with Crippen LogP contribution < -0.4 is 11.1 Å². The van der Waals surface area contributed by atoms with Gasteiger partial charge in [0.05, 0.1) is 5.56 Å². The monoisotopic (exact) mass is 289 g/mol. The molecule has 1 fully saturated rings. The Morgan fingerprint density at radius 1 is 1.38 bits per heavy atom. The van der Waals surface area contributed by atoms with Crippen molar-refractivity contribution in [3.63, 3.8) is 0 Å². The van der Waals surface area contributed by atoms with Gasteiger partial charge in [-0.1, -0.05) is 25.5 Å². The molecule has 4 heteroatoms. The van der Waals surface area contributed by atoms with Crippen LogP contribution in [0.1, 0.15) is 42.6 Å². The van der Waals surface area contributed by atoms with Crippen LogP contribution in [0, 0.1) is 12.8 Å². The van der Waals surface area contributed by atoms with Gasteiger partial charge >= 0.3 is 0 Å². The molecule has 1 aromatic carbocycles. The number of piperidine rings is 1. The summed E-state index contributed by atoms with van der Waals surface area (Å²) in [5.41, 5.74) is 8.11. The van der Waals surface area contributed by atoms with E-state index in [1.54, 1.807) is 6.07 Å². The van der Waals surface area contributed by atoms with Crippen molar-refractivity contribution in [2.24, 2.45) is 5.92 Å². The molecule has 0 unspecified atom stereocenters. The Morgan fingerprint density at radius 3 is 2.67 bits per heavy atom. The second kappa shape index (κ2) is 6.94. The van der Waals surface area contributed by atoms with E-state index in [2.05, 4.69) is 24.1 Å². The van der Waals surface area contributed by atoms with Crippen molar-refractivity contribution < 1.29 is 4.79 Å². The van der Waals surface area contributed by atoms with Crippen LogP contribution in [-0.4, -0.2) is 36.5 Å². The third-order valence-corrected chi connectivity index (χ3v) is 4.00. The molecule has 0 aliphatic carbocycles. The van der Waals surface area contributed by atoms with E-state index < -0.39 is 0 Å². The second-order valence-electron chi connectivity index (χ2n) is 6.53. The summed E-state index contributed by atoms with van der Waals surface area (Å²) < 4.78 is 0. The molecule has 0 bridgehead atoms. The summed E-state index contributed by atoms with van der Waals surface area (Å²) in [5, 5.41) is 3.13. The molecule has 21 heavy (non-hydrogen) atoms. The molecule has 1 aliphatic heterocycles. The molecule has 1 saturated heterocycles. The van der Waals surface area contributed by atoms with Gasteiger partial charge in [-0.05, 0) is 37.8 Å². The second-order valence-corrected chi connectivity index (χ2v) is 6.53. The van der Waals surface area contributed by atoms with Crippen LogP contribution in [0.15, 0.2) is 18.2 Å². The summed E-state index contributed by atoms with van der Waals surface area (Å²) in [4.78, 5) is 14.8. The van der Waals surface area contributed by atoms with Gasteiger partial charge < -0.3 is 16.0 Å². The summed E-state index contributed by atoms with van der Waals surface area (Å²) in [7, 11) is 0. The molecule has 0 atom stereocenters. The van der Waals surface area contributed by atoms with Crippen molar-refractivity contribution >= 4 is 11.6 Å². The van der Waals surface area contributed by atoms with Crippen LogP contribution in [0.4, 0.5) is 5.69 Å². The van der Waals surface area contributed by atoms with Crippen LogP contribution in [0.5, 0.6) is 0 Å². The predicted octanol–water partition coefficient (Wildman–Crippen LogP) is 2.43. The van der Waals surface area contributed by atoms with Gasteiger partial charge in [-0.25, -0.2) is 0 Å². The fraction of sp³-hybridized carbons (Fsp3) is 0.588. The minimum Gasteiger partial charge on any atom is -0.398 e. The average Bonchev–Trinajstić information content (AvgIpc) is 2.43. The van der Waals surface area contributed by atoms with E-state index in [0.29, 0.717) is 17.2 Å². The summed E-state index contributed by atoms with van der Waals surface area (Å²) in [6, 6.07) is 5.85. The van der Waals surface area contributed by atoms with Gasteiger partial charge in [0.15, 0.2) is 0 Å². The lowest BCUT2D eigenvalue weighted by Crippen LogP contribution is -2.45. The van der Waals surface area contributed by atoms with Crippen LogP contribution in [0.25, 0.3) is 0 Å². The van der Waals surface area contributed by atoms with E-state index in [0.717, 1.165) is 38.0 Å². The van der Waals surface area contributed by atoms with E-state index in [9.17, 15) is 4.79 Å². The fourth-order valence-electron chi connectivity index (χ4n) is 2.91. The van der Waals surface area contributed by atoms with Gasteiger partial charge in [0.2, 0.25) is 0 Å². The number of nitrogens with two attached hydrogens (primary N) is 1. The van der Waals surface area contributed by atoms with Crippen molar-refractivity contribution in [3.05, 3.63) is 29.3 Å². The highest BCUT2D eigenvalue weighted by atomic mass is 16.1. The number of anilines is 1. The molecule has 3 N–H and O–H groups in total. The van der Waals surface area contributed by atoms with Gasteiger partial charge in [-0.15, -0.1) is 0 Å². The first-order valence-corrected chi connectivity index (χ1v) is 7.85. The third kappa shape index (κ3) is 4.46. The molecule has 0 spiro atoms. The number of amides is 1. The number of likely N-dealkylation sites (tertiary alicyclic amines) is 1. The van der Waals surface area contributed by atoms with E-state index in [1.165, 1.54) is 0 Å². The van der Waals surface area contributed by atoms with Crippen molar-refractivity contribution in [3.8, 4) is 0 Å². The van der Waals surface area contributed by atoms with E-state index in [-0.39, 0.29) is 11.9 Å². The number of carbonyl (C=O) groups excluding carboxylic acids is 1. The lowest BCUT2D eigenvalue weighted by Gasteiger charge is -2.33. The Balaban J connectivity index is 1.88.